The van der Waals surface area contributed by atoms with Gasteiger partial charge in [-0.2, -0.15) is 0 Å². The number of hydrogen-bond donors (Lipinski definition) is 1. The van der Waals surface area contributed by atoms with E-state index in [2.05, 4.69) is 16.8 Å². The van der Waals surface area contributed by atoms with Crippen molar-refractivity contribution in [1.82, 2.24) is 4.98 Å². The molecule has 1 N–H and O–H groups in total. The Balaban J connectivity index is 2.29. The van der Waals surface area contributed by atoms with Crippen LogP contribution in [-0.4, -0.2) is 28.6 Å². The first-order valence-corrected chi connectivity index (χ1v) is 6.67. The van der Waals surface area contributed by atoms with Crippen molar-refractivity contribution in [1.29, 1.82) is 0 Å². The number of unbranched alkanes of at least 4 members (excludes halogenated alkanes) is 1. The number of aromatic carboxylic acids is 1. The zero-order valence-electron chi connectivity index (χ0n) is 10.4. The van der Waals surface area contributed by atoms with Crippen molar-refractivity contribution < 1.29 is 9.90 Å². The number of halogens is 1. The summed E-state index contributed by atoms with van der Waals surface area (Å²) in [5.74, 6) is -0.387. The highest BCUT2D eigenvalue weighted by Crippen LogP contribution is 2.35. The van der Waals surface area contributed by atoms with Crippen molar-refractivity contribution in [3.63, 3.8) is 0 Å². The van der Waals surface area contributed by atoms with Crippen molar-refractivity contribution in [3.8, 4) is 0 Å². The van der Waals surface area contributed by atoms with E-state index < -0.39 is 5.97 Å². The van der Waals surface area contributed by atoms with Crippen molar-refractivity contribution in [3.05, 3.63) is 22.8 Å². The fraction of sp³-hybridized carbons (Fsp3) is 0.538. The van der Waals surface area contributed by atoms with Gasteiger partial charge in [0.1, 0.15) is 5.82 Å². The van der Waals surface area contributed by atoms with Gasteiger partial charge in [-0.1, -0.05) is 24.9 Å². The Morgan fingerprint density at radius 1 is 1.61 bits per heavy atom. The molecule has 1 heterocycles. The van der Waals surface area contributed by atoms with Crippen LogP contribution in [0.15, 0.2) is 12.3 Å². The standard InChI is InChI=1S/C13H17ClN2O2/c1-2-3-8-16(9-4-5-9)12-11(14)10(13(17)18)6-7-15-12/h6-7,9H,2-5,8H2,1H3,(H,17,18). The molecule has 0 atom stereocenters. The fourth-order valence-electron chi connectivity index (χ4n) is 1.97. The molecule has 0 radical (unpaired) electrons. The molecule has 1 aromatic heterocycles. The third-order valence-corrected chi connectivity index (χ3v) is 3.49. The van der Waals surface area contributed by atoms with E-state index in [1.807, 2.05) is 0 Å². The van der Waals surface area contributed by atoms with Gasteiger partial charge in [-0.3, -0.25) is 0 Å². The molecular weight excluding hydrogens is 252 g/mol. The van der Waals surface area contributed by atoms with Crippen LogP contribution in [0.4, 0.5) is 5.82 Å². The monoisotopic (exact) mass is 268 g/mol. The van der Waals surface area contributed by atoms with Crippen LogP contribution in [0.25, 0.3) is 0 Å². The lowest BCUT2D eigenvalue weighted by Crippen LogP contribution is -2.28. The van der Waals surface area contributed by atoms with Gasteiger partial charge in [0.25, 0.3) is 0 Å². The first-order valence-electron chi connectivity index (χ1n) is 6.29. The summed E-state index contributed by atoms with van der Waals surface area (Å²) in [6.45, 7) is 3.02. The molecule has 1 saturated carbocycles. The quantitative estimate of drug-likeness (QED) is 0.861. The van der Waals surface area contributed by atoms with Crippen molar-refractivity contribution >= 4 is 23.4 Å². The Morgan fingerprint density at radius 2 is 2.33 bits per heavy atom. The van der Waals surface area contributed by atoms with E-state index in [9.17, 15) is 4.79 Å². The average Bonchev–Trinajstić information content (AvgIpc) is 3.15. The molecule has 0 aliphatic heterocycles. The van der Waals surface area contributed by atoms with Crippen LogP contribution in [0.5, 0.6) is 0 Å². The van der Waals surface area contributed by atoms with Gasteiger partial charge in [0, 0.05) is 18.8 Å². The maximum Gasteiger partial charge on any atom is 0.337 e. The van der Waals surface area contributed by atoms with Gasteiger partial charge in [-0.15, -0.1) is 0 Å². The summed E-state index contributed by atoms with van der Waals surface area (Å²) >= 11 is 6.16. The van der Waals surface area contributed by atoms with E-state index in [4.69, 9.17) is 16.7 Å². The Kier molecular flexibility index (Phi) is 4.07. The number of rotatable bonds is 6. The van der Waals surface area contributed by atoms with Crippen LogP contribution < -0.4 is 4.90 Å². The summed E-state index contributed by atoms with van der Waals surface area (Å²) in [6, 6.07) is 1.92. The SMILES string of the molecule is CCCCN(c1nccc(C(=O)O)c1Cl)C1CC1. The Hall–Kier alpha value is -1.29. The lowest BCUT2D eigenvalue weighted by Gasteiger charge is -2.24. The van der Waals surface area contributed by atoms with Gasteiger partial charge >= 0.3 is 5.97 Å². The number of carboxylic acids is 1. The molecular formula is C13H17ClN2O2. The number of carboxylic acid groups (broad SMARTS) is 1. The van der Waals surface area contributed by atoms with Gasteiger partial charge in [0.15, 0.2) is 0 Å². The van der Waals surface area contributed by atoms with Gasteiger partial charge in [-0.05, 0) is 25.3 Å². The Labute approximate surface area is 112 Å². The number of aromatic nitrogens is 1. The second-order valence-electron chi connectivity index (χ2n) is 4.58. The lowest BCUT2D eigenvalue weighted by atomic mass is 10.2. The molecule has 1 aliphatic rings. The molecule has 0 unspecified atom stereocenters. The summed E-state index contributed by atoms with van der Waals surface area (Å²) in [5.41, 5.74) is 0.129. The first-order chi connectivity index (χ1) is 8.65. The van der Waals surface area contributed by atoms with Crippen molar-refractivity contribution in [2.45, 2.75) is 38.6 Å². The number of pyridine rings is 1. The van der Waals surface area contributed by atoms with Crippen molar-refractivity contribution in [2.75, 3.05) is 11.4 Å². The predicted octanol–water partition coefficient (Wildman–Crippen LogP) is 3.20. The van der Waals surface area contributed by atoms with Crippen LogP contribution in [0.2, 0.25) is 5.02 Å². The summed E-state index contributed by atoms with van der Waals surface area (Å²) in [4.78, 5) is 17.5. The van der Waals surface area contributed by atoms with E-state index in [0.717, 1.165) is 32.2 Å². The second kappa shape index (κ2) is 5.57. The van der Waals surface area contributed by atoms with Crippen LogP contribution in [0.1, 0.15) is 43.0 Å². The Bertz CT molecular complexity index is 447. The van der Waals surface area contributed by atoms with Gasteiger partial charge in [0.2, 0.25) is 0 Å². The van der Waals surface area contributed by atoms with Crippen LogP contribution in [0, 0.1) is 0 Å². The maximum absolute atomic E-state index is 11.1. The summed E-state index contributed by atoms with van der Waals surface area (Å²) < 4.78 is 0. The molecule has 1 aliphatic carbocycles. The first kappa shape index (κ1) is 13.1. The molecule has 4 nitrogen and oxygen atoms in total. The minimum atomic E-state index is -1.00. The van der Waals surface area contributed by atoms with E-state index in [1.165, 1.54) is 12.3 Å². The molecule has 0 spiro atoms. The third kappa shape index (κ3) is 2.75. The smallest absolute Gasteiger partial charge is 0.337 e. The van der Waals surface area contributed by atoms with E-state index in [0.29, 0.717) is 11.9 Å². The van der Waals surface area contributed by atoms with E-state index >= 15 is 0 Å². The number of carbonyl (C=O) groups is 1. The fourth-order valence-corrected chi connectivity index (χ4v) is 2.28. The highest BCUT2D eigenvalue weighted by atomic mass is 35.5. The highest BCUT2D eigenvalue weighted by Gasteiger charge is 2.31. The van der Waals surface area contributed by atoms with E-state index in [1.54, 1.807) is 0 Å². The number of nitrogens with zero attached hydrogens (tertiary/aromatic N) is 2. The summed E-state index contributed by atoms with van der Waals surface area (Å²) in [6.07, 6.45) is 5.95. The second-order valence-corrected chi connectivity index (χ2v) is 4.96. The van der Waals surface area contributed by atoms with E-state index in [-0.39, 0.29) is 10.6 Å². The lowest BCUT2D eigenvalue weighted by molar-refractivity contribution is 0.0697. The molecule has 0 bridgehead atoms. The van der Waals surface area contributed by atoms with Crippen LogP contribution in [-0.2, 0) is 0 Å². The molecule has 1 fully saturated rings. The normalized spacial score (nSPS) is 14.6. The molecule has 0 aromatic carbocycles. The van der Waals surface area contributed by atoms with Gasteiger partial charge in [0.05, 0.1) is 10.6 Å². The maximum atomic E-state index is 11.1. The van der Waals surface area contributed by atoms with Gasteiger partial charge in [-0.25, -0.2) is 9.78 Å². The number of hydrogen-bond acceptors (Lipinski definition) is 3. The Morgan fingerprint density at radius 3 is 2.89 bits per heavy atom. The molecule has 2 rings (SSSR count). The van der Waals surface area contributed by atoms with Crippen LogP contribution in [0.3, 0.4) is 0 Å². The minimum absolute atomic E-state index is 0.129. The highest BCUT2D eigenvalue weighted by molar-refractivity contribution is 6.35. The average molecular weight is 269 g/mol. The summed E-state index contributed by atoms with van der Waals surface area (Å²) in [7, 11) is 0. The molecule has 5 heteroatoms. The summed E-state index contributed by atoms with van der Waals surface area (Å²) in [5, 5.41) is 9.33. The zero-order valence-corrected chi connectivity index (χ0v) is 11.2. The zero-order chi connectivity index (χ0) is 13.1. The largest absolute Gasteiger partial charge is 0.478 e. The predicted molar refractivity (Wildman–Crippen MR) is 71.5 cm³/mol. The number of anilines is 1. The van der Waals surface area contributed by atoms with Crippen molar-refractivity contribution in [2.24, 2.45) is 0 Å². The molecule has 18 heavy (non-hydrogen) atoms. The third-order valence-electron chi connectivity index (χ3n) is 3.11. The molecule has 98 valence electrons. The topological polar surface area (TPSA) is 53.4 Å². The van der Waals surface area contributed by atoms with Crippen LogP contribution >= 0.6 is 11.6 Å². The molecule has 1 aromatic rings. The molecule has 0 amide bonds. The van der Waals surface area contributed by atoms with Gasteiger partial charge < -0.3 is 10.0 Å². The molecule has 0 saturated heterocycles. The minimum Gasteiger partial charge on any atom is -0.478 e.